The molecule has 0 unspecified atom stereocenters. The van der Waals surface area contributed by atoms with Gasteiger partial charge in [-0.2, -0.15) is 0 Å². The summed E-state index contributed by atoms with van der Waals surface area (Å²) in [5.41, 5.74) is 0.605. The summed E-state index contributed by atoms with van der Waals surface area (Å²) in [5, 5.41) is 20.3. The fourth-order valence-corrected chi connectivity index (χ4v) is 1.71. The minimum Gasteiger partial charge on any atom is -0.423 e. The molecule has 0 bridgehead atoms. The van der Waals surface area contributed by atoms with Crippen LogP contribution in [0.25, 0.3) is 12.2 Å². The van der Waals surface area contributed by atoms with E-state index in [0.29, 0.717) is 5.46 Å². The highest BCUT2D eigenvalue weighted by atomic mass is 16.4. The summed E-state index contributed by atoms with van der Waals surface area (Å²) in [5.74, 6) is 0. The Morgan fingerprint density at radius 1 is 1.08 bits per heavy atom. The van der Waals surface area contributed by atoms with Gasteiger partial charge < -0.3 is 10.0 Å². The molecule has 3 heteroatoms. The van der Waals surface area contributed by atoms with E-state index in [0.717, 1.165) is 23.3 Å². The lowest BCUT2D eigenvalue weighted by Gasteiger charge is -2.05. The standard InChI is InChI=1S/C10H11BO2/c12-11(13)10-7-3-5-8-4-1-2-6-9(8)10/h3-7,12-13H,1-2H2. The van der Waals surface area contributed by atoms with Crippen LogP contribution in [-0.2, 0) is 0 Å². The van der Waals surface area contributed by atoms with Gasteiger partial charge in [0.25, 0.3) is 0 Å². The van der Waals surface area contributed by atoms with Gasteiger partial charge in [0.1, 0.15) is 0 Å². The van der Waals surface area contributed by atoms with Crippen molar-refractivity contribution in [1.29, 1.82) is 0 Å². The summed E-state index contributed by atoms with van der Waals surface area (Å²) in [7, 11) is -1.36. The van der Waals surface area contributed by atoms with Gasteiger partial charge in [-0.1, -0.05) is 30.4 Å². The van der Waals surface area contributed by atoms with E-state index < -0.39 is 7.12 Å². The second kappa shape index (κ2) is 3.36. The van der Waals surface area contributed by atoms with Crippen molar-refractivity contribution >= 4 is 24.7 Å². The van der Waals surface area contributed by atoms with Gasteiger partial charge in [0.2, 0.25) is 0 Å². The second-order valence-electron chi connectivity index (χ2n) is 3.21. The summed E-state index contributed by atoms with van der Waals surface area (Å²) < 4.78 is 0. The number of benzene rings is 1. The SMILES string of the molecule is OB(O)c1cccc2c1=CCCC=2. The van der Waals surface area contributed by atoms with Crippen molar-refractivity contribution in [2.75, 3.05) is 0 Å². The Balaban J connectivity index is 2.74. The lowest BCUT2D eigenvalue weighted by molar-refractivity contribution is 0.425. The van der Waals surface area contributed by atoms with Gasteiger partial charge in [-0.15, -0.1) is 0 Å². The molecule has 0 heterocycles. The minimum absolute atomic E-state index is 0.605. The zero-order valence-electron chi connectivity index (χ0n) is 7.27. The first kappa shape index (κ1) is 8.54. The molecule has 2 N–H and O–H groups in total. The number of rotatable bonds is 1. The van der Waals surface area contributed by atoms with Crippen LogP contribution in [0.2, 0.25) is 0 Å². The molecule has 0 aromatic heterocycles. The highest BCUT2D eigenvalue weighted by Crippen LogP contribution is 1.93. The number of hydrogen-bond donors (Lipinski definition) is 2. The van der Waals surface area contributed by atoms with Crippen molar-refractivity contribution in [1.82, 2.24) is 0 Å². The van der Waals surface area contributed by atoms with Gasteiger partial charge in [0, 0.05) is 0 Å². The molecule has 0 spiro atoms. The van der Waals surface area contributed by atoms with Crippen LogP contribution in [0.1, 0.15) is 12.8 Å². The van der Waals surface area contributed by atoms with Crippen LogP contribution >= 0.6 is 0 Å². The van der Waals surface area contributed by atoms with Crippen LogP contribution in [0.15, 0.2) is 18.2 Å². The Bertz CT molecular complexity index is 423. The third-order valence-corrected chi connectivity index (χ3v) is 2.33. The maximum absolute atomic E-state index is 9.10. The predicted octanol–water partition coefficient (Wildman–Crippen LogP) is -1.28. The van der Waals surface area contributed by atoms with Crippen LogP contribution < -0.4 is 15.9 Å². The first-order valence-electron chi connectivity index (χ1n) is 4.44. The summed E-state index contributed by atoms with van der Waals surface area (Å²) in [6.07, 6.45) is 6.21. The van der Waals surface area contributed by atoms with Gasteiger partial charge in [0.15, 0.2) is 0 Å². The maximum Gasteiger partial charge on any atom is 0.489 e. The third kappa shape index (κ3) is 1.53. The highest BCUT2D eigenvalue weighted by molar-refractivity contribution is 6.58. The largest absolute Gasteiger partial charge is 0.489 e. The average Bonchev–Trinajstić information content (AvgIpc) is 2.17. The lowest BCUT2D eigenvalue weighted by Crippen LogP contribution is -2.48. The fourth-order valence-electron chi connectivity index (χ4n) is 1.71. The smallest absolute Gasteiger partial charge is 0.423 e. The molecule has 0 atom stereocenters. The van der Waals surface area contributed by atoms with E-state index >= 15 is 0 Å². The predicted molar refractivity (Wildman–Crippen MR) is 53.7 cm³/mol. The molecule has 2 nitrogen and oxygen atoms in total. The van der Waals surface area contributed by atoms with Crippen molar-refractivity contribution in [3.05, 3.63) is 28.6 Å². The Kier molecular flexibility index (Phi) is 2.21. The quantitative estimate of drug-likeness (QED) is 0.520. The van der Waals surface area contributed by atoms with Crippen molar-refractivity contribution < 1.29 is 10.0 Å². The highest BCUT2D eigenvalue weighted by Gasteiger charge is 2.12. The lowest BCUT2D eigenvalue weighted by atomic mass is 9.77. The van der Waals surface area contributed by atoms with Crippen LogP contribution in [0.4, 0.5) is 0 Å². The number of fused-ring (bicyclic) bond motifs is 1. The zero-order chi connectivity index (χ0) is 9.26. The first-order valence-corrected chi connectivity index (χ1v) is 4.44. The third-order valence-electron chi connectivity index (χ3n) is 2.33. The van der Waals surface area contributed by atoms with Gasteiger partial charge >= 0.3 is 7.12 Å². The molecular formula is C10H11BO2. The Morgan fingerprint density at radius 2 is 1.85 bits per heavy atom. The van der Waals surface area contributed by atoms with Gasteiger partial charge in [0.05, 0.1) is 0 Å². The summed E-state index contributed by atoms with van der Waals surface area (Å²) >= 11 is 0. The molecule has 0 radical (unpaired) electrons. The molecule has 0 saturated carbocycles. The van der Waals surface area contributed by atoms with Crippen LogP contribution in [0.3, 0.4) is 0 Å². The first-order chi connectivity index (χ1) is 6.29. The molecular weight excluding hydrogens is 163 g/mol. The van der Waals surface area contributed by atoms with E-state index in [2.05, 4.69) is 12.2 Å². The molecule has 66 valence electrons. The monoisotopic (exact) mass is 174 g/mol. The van der Waals surface area contributed by atoms with Crippen LogP contribution in [0.5, 0.6) is 0 Å². The minimum atomic E-state index is -1.36. The maximum atomic E-state index is 9.10. The van der Waals surface area contributed by atoms with E-state index in [1.54, 1.807) is 6.07 Å². The van der Waals surface area contributed by atoms with Gasteiger partial charge in [-0.3, -0.25) is 0 Å². The normalized spacial score (nSPS) is 14.0. The molecule has 1 aromatic rings. The second-order valence-corrected chi connectivity index (χ2v) is 3.21. The summed E-state index contributed by atoms with van der Waals surface area (Å²) in [4.78, 5) is 0. The molecule has 0 aliphatic heterocycles. The molecule has 0 fully saturated rings. The van der Waals surface area contributed by atoms with E-state index in [1.165, 1.54) is 0 Å². The van der Waals surface area contributed by atoms with Crippen molar-refractivity contribution in [2.24, 2.45) is 0 Å². The average molecular weight is 174 g/mol. The van der Waals surface area contributed by atoms with E-state index in [1.807, 2.05) is 12.1 Å². The van der Waals surface area contributed by atoms with Gasteiger partial charge in [-0.25, -0.2) is 0 Å². The Morgan fingerprint density at radius 3 is 2.62 bits per heavy atom. The van der Waals surface area contributed by atoms with Crippen LogP contribution in [-0.4, -0.2) is 17.2 Å². The van der Waals surface area contributed by atoms with E-state index in [9.17, 15) is 0 Å². The fraction of sp³-hybridized carbons (Fsp3) is 0.200. The molecule has 0 saturated heterocycles. The van der Waals surface area contributed by atoms with Gasteiger partial charge in [-0.05, 0) is 28.7 Å². The summed E-state index contributed by atoms with van der Waals surface area (Å²) in [6, 6.07) is 5.60. The van der Waals surface area contributed by atoms with Crippen molar-refractivity contribution in [3.8, 4) is 0 Å². The zero-order valence-corrected chi connectivity index (χ0v) is 7.27. The topological polar surface area (TPSA) is 40.5 Å². The van der Waals surface area contributed by atoms with Crippen LogP contribution in [0, 0.1) is 0 Å². The molecule has 1 aliphatic carbocycles. The molecule has 0 amide bonds. The van der Waals surface area contributed by atoms with Crippen molar-refractivity contribution in [3.63, 3.8) is 0 Å². The van der Waals surface area contributed by atoms with Crippen molar-refractivity contribution in [2.45, 2.75) is 12.8 Å². The number of hydrogen-bond acceptors (Lipinski definition) is 2. The Labute approximate surface area is 77.0 Å². The molecule has 1 aromatic carbocycles. The van der Waals surface area contributed by atoms with E-state index in [-0.39, 0.29) is 0 Å². The van der Waals surface area contributed by atoms with E-state index in [4.69, 9.17) is 10.0 Å². The molecule has 1 aliphatic rings. The summed E-state index contributed by atoms with van der Waals surface area (Å²) in [6.45, 7) is 0. The molecule has 13 heavy (non-hydrogen) atoms. The molecule has 2 rings (SSSR count). The Hall–Kier alpha value is -1.06.